The average Bonchev–Trinajstić information content (AvgIpc) is 3.62. The van der Waals surface area contributed by atoms with E-state index < -0.39 is 23.5 Å². The predicted molar refractivity (Wildman–Crippen MR) is 154 cm³/mol. The fourth-order valence-corrected chi connectivity index (χ4v) is 6.96. The van der Waals surface area contributed by atoms with Crippen LogP contribution in [0.1, 0.15) is 50.9 Å². The highest BCUT2D eigenvalue weighted by molar-refractivity contribution is 8.00. The van der Waals surface area contributed by atoms with E-state index in [0.717, 1.165) is 12.0 Å². The minimum absolute atomic E-state index is 0.0327. The Labute approximate surface area is 242 Å². The predicted octanol–water partition coefficient (Wildman–Crippen LogP) is 6.61. The number of anilines is 1. The summed E-state index contributed by atoms with van der Waals surface area (Å²) in [5.74, 6) is -0.929. The highest BCUT2D eigenvalue weighted by Gasteiger charge is 2.46. The number of benzene rings is 2. The molecule has 8 nitrogen and oxygen atoms in total. The van der Waals surface area contributed by atoms with Gasteiger partial charge in [0.05, 0.1) is 33.8 Å². The van der Waals surface area contributed by atoms with Gasteiger partial charge in [0.15, 0.2) is 10.1 Å². The topological polar surface area (TPSA) is 106 Å². The van der Waals surface area contributed by atoms with E-state index in [1.807, 2.05) is 6.92 Å². The van der Waals surface area contributed by atoms with Gasteiger partial charge in [0.25, 0.3) is 5.91 Å². The molecule has 0 saturated carbocycles. The lowest BCUT2D eigenvalue weighted by Crippen LogP contribution is -2.31. The number of thioether (sulfide) groups is 1. The SMILES string of the molecule is CCCOc1ccc(C2C(C(=O)c3sc(C)nc3C)=C(O)C(=O)N2c2nnc(SCc3ccc(F)cc3)s2)cc1. The number of Topliss-reactive ketones (excluding diaryl/α,β-unsaturated/α-hetero) is 1. The Bertz CT molecular complexity index is 1580. The third kappa shape index (κ3) is 5.65. The summed E-state index contributed by atoms with van der Waals surface area (Å²) < 4.78 is 19.5. The molecule has 1 aliphatic heterocycles. The smallest absolute Gasteiger partial charge is 0.296 e. The summed E-state index contributed by atoms with van der Waals surface area (Å²) in [5, 5.41) is 20.5. The highest BCUT2D eigenvalue weighted by atomic mass is 32.2. The molecular formula is C28H25FN4O4S3. The number of ketones is 1. The molecule has 1 amide bonds. The van der Waals surface area contributed by atoms with Crippen LogP contribution >= 0.6 is 34.4 Å². The zero-order chi connectivity index (χ0) is 28.4. The van der Waals surface area contributed by atoms with E-state index in [0.29, 0.717) is 43.6 Å². The molecule has 206 valence electrons. The molecular weight excluding hydrogens is 572 g/mol. The van der Waals surface area contributed by atoms with Crippen LogP contribution in [0.25, 0.3) is 0 Å². The Morgan fingerprint density at radius 1 is 1.10 bits per heavy atom. The molecule has 0 spiro atoms. The summed E-state index contributed by atoms with van der Waals surface area (Å²) in [6.45, 7) is 6.10. The molecule has 1 atom stereocenters. The number of thiazole rings is 1. The highest BCUT2D eigenvalue weighted by Crippen LogP contribution is 2.44. The molecule has 40 heavy (non-hydrogen) atoms. The molecule has 0 fully saturated rings. The number of ether oxygens (including phenoxy) is 1. The van der Waals surface area contributed by atoms with E-state index >= 15 is 0 Å². The van der Waals surface area contributed by atoms with E-state index in [1.54, 1.807) is 50.2 Å². The third-order valence-electron chi connectivity index (χ3n) is 6.11. The number of aryl methyl sites for hydroxylation is 2. The van der Waals surface area contributed by atoms with Gasteiger partial charge in [-0.25, -0.2) is 9.37 Å². The average molecular weight is 597 g/mol. The number of aliphatic hydroxyl groups is 1. The van der Waals surface area contributed by atoms with Gasteiger partial charge >= 0.3 is 0 Å². The second kappa shape index (κ2) is 11.9. The van der Waals surface area contributed by atoms with Crippen LogP contribution < -0.4 is 9.64 Å². The van der Waals surface area contributed by atoms with Crippen molar-refractivity contribution in [2.75, 3.05) is 11.5 Å². The molecule has 3 heterocycles. The molecule has 1 aliphatic rings. The van der Waals surface area contributed by atoms with Crippen molar-refractivity contribution in [1.82, 2.24) is 15.2 Å². The number of hydrogen-bond acceptors (Lipinski definition) is 10. The van der Waals surface area contributed by atoms with Crippen molar-refractivity contribution in [3.05, 3.63) is 92.4 Å². The summed E-state index contributed by atoms with van der Waals surface area (Å²) in [7, 11) is 0. The number of hydrogen-bond donors (Lipinski definition) is 1. The van der Waals surface area contributed by atoms with Crippen molar-refractivity contribution in [3.8, 4) is 5.75 Å². The summed E-state index contributed by atoms with van der Waals surface area (Å²) in [6.07, 6.45) is 0.855. The normalized spacial score (nSPS) is 15.2. The summed E-state index contributed by atoms with van der Waals surface area (Å²) in [5.41, 5.74) is 2.02. The fourth-order valence-electron chi connectivity index (χ4n) is 4.26. The van der Waals surface area contributed by atoms with Crippen molar-refractivity contribution in [3.63, 3.8) is 0 Å². The van der Waals surface area contributed by atoms with E-state index in [1.165, 1.54) is 51.5 Å². The van der Waals surface area contributed by atoms with Gasteiger partial charge in [0, 0.05) is 5.75 Å². The molecule has 12 heteroatoms. The lowest BCUT2D eigenvalue weighted by molar-refractivity contribution is -0.117. The first-order chi connectivity index (χ1) is 19.3. The monoisotopic (exact) mass is 596 g/mol. The molecule has 2 aromatic carbocycles. The Balaban J connectivity index is 1.49. The Morgan fingerprint density at radius 2 is 1.82 bits per heavy atom. The summed E-state index contributed by atoms with van der Waals surface area (Å²) >= 11 is 3.79. The van der Waals surface area contributed by atoms with Crippen LogP contribution in [0.4, 0.5) is 9.52 Å². The van der Waals surface area contributed by atoms with Gasteiger partial charge in [0.1, 0.15) is 11.6 Å². The lowest BCUT2D eigenvalue weighted by Gasteiger charge is -2.24. The summed E-state index contributed by atoms with van der Waals surface area (Å²) in [4.78, 5) is 33.3. The van der Waals surface area contributed by atoms with E-state index in [9.17, 15) is 19.1 Å². The van der Waals surface area contributed by atoms with Crippen molar-refractivity contribution < 1.29 is 23.8 Å². The van der Waals surface area contributed by atoms with Crippen LogP contribution in [0.15, 0.2) is 64.2 Å². The zero-order valence-corrected chi connectivity index (χ0v) is 24.3. The number of rotatable bonds is 10. The van der Waals surface area contributed by atoms with Gasteiger partial charge in [0.2, 0.25) is 10.9 Å². The second-order valence-electron chi connectivity index (χ2n) is 9.00. The first kappa shape index (κ1) is 27.9. The number of amides is 1. The minimum atomic E-state index is -0.926. The zero-order valence-electron chi connectivity index (χ0n) is 21.9. The van der Waals surface area contributed by atoms with E-state index in [-0.39, 0.29) is 16.5 Å². The number of carbonyl (C=O) groups is 2. The first-order valence-electron chi connectivity index (χ1n) is 12.5. The van der Waals surface area contributed by atoms with E-state index in [4.69, 9.17) is 4.74 Å². The maximum absolute atomic E-state index is 13.8. The number of halogens is 1. The molecule has 1 N–H and O–H groups in total. The molecule has 4 aromatic rings. The van der Waals surface area contributed by atoms with Crippen LogP contribution in [-0.2, 0) is 10.5 Å². The van der Waals surface area contributed by atoms with Gasteiger partial charge in [-0.2, -0.15) is 0 Å². The van der Waals surface area contributed by atoms with Gasteiger partial charge in [-0.05, 0) is 55.7 Å². The number of aromatic nitrogens is 3. The molecule has 2 aromatic heterocycles. The maximum atomic E-state index is 13.8. The maximum Gasteiger partial charge on any atom is 0.296 e. The molecule has 0 saturated heterocycles. The molecule has 0 aliphatic carbocycles. The number of nitrogens with zero attached hydrogens (tertiary/aromatic N) is 4. The van der Waals surface area contributed by atoms with Gasteiger partial charge in [-0.3, -0.25) is 14.5 Å². The van der Waals surface area contributed by atoms with Gasteiger partial charge in [-0.15, -0.1) is 21.5 Å². The number of carbonyl (C=O) groups excluding carboxylic acids is 2. The van der Waals surface area contributed by atoms with Crippen LogP contribution in [0, 0.1) is 19.7 Å². The third-order valence-corrected chi connectivity index (χ3v) is 9.31. The standard InChI is InChI=1S/C28H25FN4O4S3/c1-4-13-37-20-11-7-18(8-12-20)22-21(23(34)25-15(2)30-16(3)39-25)24(35)26(36)33(22)27-31-32-28(40-27)38-14-17-5-9-19(29)10-6-17/h5-12,22,35H,4,13-14H2,1-3H3. The van der Waals surface area contributed by atoms with Crippen LogP contribution in [0.3, 0.4) is 0 Å². The largest absolute Gasteiger partial charge is 0.503 e. The molecule has 0 radical (unpaired) electrons. The Kier molecular flexibility index (Phi) is 8.29. The molecule has 0 bridgehead atoms. The Morgan fingerprint density at radius 3 is 2.48 bits per heavy atom. The van der Waals surface area contributed by atoms with Crippen LogP contribution in [-0.4, -0.2) is 38.6 Å². The van der Waals surface area contributed by atoms with Crippen LogP contribution in [0.2, 0.25) is 0 Å². The van der Waals surface area contributed by atoms with Gasteiger partial charge in [-0.1, -0.05) is 54.3 Å². The van der Waals surface area contributed by atoms with Crippen LogP contribution in [0.5, 0.6) is 5.75 Å². The molecule has 5 rings (SSSR count). The number of aliphatic hydroxyl groups excluding tert-OH is 1. The lowest BCUT2D eigenvalue weighted by atomic mass is 9.95. The van der Waals surface area contributed by atoms with Crippen molar-refractivity contribution in [2.45, 2.75) is 43.3 Å². The van der Waals surface area contributed by atoms with Gasteiger partial charge < -0.3 is 9.84 Å². The quantitative estimate of drug-likeness (QED) is 0.124. The Hall–Kier alpha value is -3.61. The van der Waals surface area contributed by atoms with E-state index in [2.05, 4.69) is 15.2 Å². The fraction of sp³-hybridized carbons (Fsp3) is 0.250. The first-order valence-corrected chi connectivity index (χ1v) is 15.1. The second-order valence-corrected chi connectivity index (χ2v) is 12.4. The molecule has 1 unspecified atom stereocenters. The van der Waals surface area contributed by atoms with Crippen molar-refractivity contribution >= 4 is 51.3 Å². The summed E-state index contributed by atoms with van der Waals surface area (Å²) in [6, 6.07) is 12.4. The minimum Gasteiger partial charge on any atom is -0.503 e. The van der Waals surface area contributed by atoms with Crippen molar-refractivity contribution in [1.29, 1.82) is 0 Å². The van der Waals surface area contributed by atoms with Crippen molar-refractivity contribution in [2.24, 2.45) is 0 Å².